The van der Waals surface area contributed by atoms with E-state index >= 15 is 0 Å². The van der Waals surface area contributed by atoms with Crippen LogP contribution in [0.25, 0.3) is 0 Å². The average molecular weight is 291 g/mol. The lowest BCUT2D eigenvalue weighted by atomic mass is 10.00. The van der Waals surface area contributed by atoms with Crippen LogP contribution in [0.4, 0.5) is 4.79 Å². The van der Waals surface area contributed by atoms with Gasteiger partial charge in [-0.15, -0.1) is 0 Å². The number of amides is 3. The van der Waals surface area contributed by atoms with E-state index in [2.05, 4.69) is 10.6 Å². The van der Waals surface area contributed by atoms with Gasteiger partial charge in [0.2, 0.25) is 5.91 Å². The van der Waals surface area contributed by atoms with E-state index in [0.717, 1.165) is 24.9 Å². The molecule has 1 aromatic rings. The molecule has 6 nitrogen and oxygen atoms in total. The molecule has 114 valence electrons. The van der Waals surface area contributed by atoms with Crippen molar-refractivity contribution in [1.29, 1.82) is 0 Å². The molecule has 1 saturated heterocycles. The van der Waals surface area contributed by atoms with Crippen molar-refractivity contribution in [2.75, 3.05) is 20.1 Å². The number of nitrogens with one attached hydrogen (secondary N) is 2. The zero-order valence-electron chi connectivity index (χ0n) is 12.1. The van der Waals surface area contributed by atoms with Crippen LogP contribution in [-0.4, -0.2) is 48.2 Å². The summed E-state index contributed by atoms with van der Waals surface area (Å²) in [5.41, 5.74) is 0.813. The van der Waals surface area contributed by atoms with Crippen molar-refractivity contribution < 1.29 is 14.7 Å². The molecule has 21 heavy (non-hydrogen) atoms. The summed E-state index contributed by atoms with van der Waals surface area (Å²) >= 11 is 0. The molecule has 0 radical (unpaired) electrons. The van der Waals surface area contributed by atoms with Crippen LogP contribution in [0.1, 0.15) is 24.4 Å². The minimum absolute atomic E-state index is 0.380. The van der Waals surface area contributed by atoms with Gasteiger partial charge in [0.1, 0.15) is 6.04 Å². The zero-order valence-corrected chi connectivity index (χ0v) is 12.1. The summed E-state index contributed by atoms with van der Waals surface area (Å²) in [6, 6.07) is 8.20. The van der Waals surface area contributed by atoms with Crippen LogP contribution in [0, 0.1) is 0 Å². The number of aliphatic hydroxyl groups excluding tert-OH is 1. The summed E-state index contributed by atoms with van der Waals surface area (Å²) in [5, 5.41) is 14.5. The number of urea groups is 1. The summed E-state index contributed by atoms with van der Waals surface area (Å²) in [6.07, 6.45) is 1.14. The highest BCUT2D eigenvalue weighted by Gasteiger charge is 2.31. The smallest absolute Gasteiger partial charge is 0.321 e. The van der Waals surface area contributed by atoms with Crippen LogP contribution in [0.2, 0.25) is 0 Å². The van der Waals surface area contributed by atoms with Gasteiger partial charge in [-0.3, -0.25) is 15.0 Å². The Hall–Kier alpha value is -1.92. The fourth-order valence-electron chi connectivity index (χ4n) is 2.62. The lowest BCUT2D eigenvalue weighted by Gasteiger charge is -2.35. The summed E-state index contributed by atoms with van der Waals surface area (Å²) < 4.78 is 0. The van der Waals surface area contributed by atoms with Gasteiger partial charge in [0, 0.05) is 13.6 Å². The van der Waals surface area contributed by atoms with Crippen LogP contribution < -0.4 is 10.6 Å². The molecular formula is C15H21N3O3. The minimum Gasteiger partial charge on any atom is -0.392 e. The summed E-state index contributed by atoms with van der Waals surface area (Å²) in [4.78, 5) is 25.7. The summed E-state index contributed by atoms with van der Waals surface area (Å²) in [6.45, 7) is 1.15. The molecule has 0 unspecified atom stereocenters. The van der Waals surface area contributed by atoms with Crippen LogP contribution >= 0.6 is 0 Å². The molecule has 0 bridgehead atoms. The normalized spacial score (nSPS) is 20.6. The molecule has 3 amide bonds. The molecule has 1 fully saturated rings. The SMILES string of the molecule is CNC(=O)NC(=O)[C@@H](c1ccccc1)N1CCC[C@H](O)C1. The van der Waals surface area contributed by atoms with E-state index in [0.29, 0.717) is 6.54 Å². The van der Waals surface area contributed by atoms with Gasteiger partial charge in [0.15, 0.2) is 0 Å². The van der Waals surface area contributed by atoms with Crippen LogP contribution in [-0.2, 0) is 4.79 Å². The Balaban J connectivity index is 2.22. The van der Waals surface area contributed by atoms with Crippen molar-refractivity contribution >= 4 is 11.9 Å². The molecule has 1 aromatic carbocycles. The van der Waals surface area contributed by atoms with Crippen molar-refractivity contribution in [1.82, 2.24) is 15.5 Å². The number of hydrogen-bond acceptors (Lipinski definition) is 4. The van der Waals surface area contributed by atoms with E-state index in [1.54, 1.807) is 0 Å². The number of nitrogens with zero attached hydrogens (tertiary/aromatic N) is 1. The van der Waals surface area contributed by atoms with Crippen molar-refractivity contribution in [2.45, 2.75) is 25.0 Å². The van der Waals surface area contributed by atoms with E-state index in [1.165, 1.54) is 7.05 Å². The highest BCUT2D eigenvalue weighted by atomic mass is 16.3. The number of β-amino-alcohol motifs (C(OH)–C–C–N with tert-alkyl or cyclic N) is 1. The molecule has 2 rings (SSSR count). The molecule has 0 aromatic heterocycles. The lowest BCUT2D eigenvalue weighted by molar-refractivity contribution is -0.126. The number of benzene rings is 1. The number of hydrogen-bond donors (Lipinski definition) is 3. The Morgan fingerprint density at radius 1 is 1.33 bits per heavy atom. The first-order valence-electron chi connectivity index (χ1n) is 7.11. The quantitative estimate of drug-likeness (QED) is 0.763. The Kier molecular flexibility index (Phi) is 5.30. The van der Waals surface area contributed by atoms with E-state index in [1.807, 2.05) is 35.2 Å². The predicted molar refractivity (Wildman–Crippen MR) is 78.6 cm³/mol. The standard InChI is InChI=1S/C15H21N3O3/c1-16-15(21)17-14(20)13(11-6-3-2-4-7-11)18-9-5-8-12(19)10-18/h2-4,6-7,12-13,19H,5,8-10H2,1H3,(H2,16,17,20,21)/t12-,13+/m0/s1. The van der Waals surface area contributed by atoms with Crippen LogP contribution in [0.3, 0.4) is 0 Å². The van der Waals surface area contributed by atoms with E-state index in [-0.39, 0.29) is 5.91 Å². The Morgan fingerprint density at radius 2 is 2.05 bits per heavy atom. The van der Waals surface area contributed by atoms with E-state index in [4.69, 9.17) is 0 Å². The molecular weight excluding hydrogens is 270 g/mol. The van der Waals surface area contributed by atoms with Crippen molar-refractivity contribution in [3.63, 3.8) is 0 Å². The topological polar surface area (TPSA) is 81.7 Å². The molecule has 2 atom stereocenters. The highest BCUT2D eigenvalue weighted by molar-refractivity contribution is 5.97. The van der Waals surface area contributed by atoms with Gasteiger partial charge in [-0.2, -0.15) is 0 Å². The largest absolute Gasteiger partial charge is 0.392 e. The summed E-state index contributed by atoms with van der Waals surface area (Å²) in [5.74, 6) is -0.380. The van der Waals surface area contributed by atoms with Gasteiger partial charge in [0.25, 0.3) is 0 Å². The van der Waals surface area contributed by atoms with Gasteiger partial charge in [0.05, 0.1) is 6.10 Å². The maximum absolute atomic E-state index is 12.4. The molecule has 1 heterocycles. The third-order valence-electron chi connectivity index (χ3n) is 3.62. The van der Waals surface area contributed by atoms with Crippen molar-refractivity contribution in [3.05, 3.63) is 35.9 Å². The predicted octanol–water partition coefficient (Wildman–Crippen LogP) is 0.640. The Bertz CT molecular complexity index is 492. The van der Waals surface area contributed by atoms with Crippen LogP contribution in [0.15, 0.2) is 30.3 Å². The Labute approximate surface area is 124 Å². The number of aliphatic hydroxyl groups is 1. The monoisotopic (exact) mass is 291 g/mol. The number of piperidine rings is 1. The maximum Gasteiger partial charge on any atom is 0.321 e. The highest BCUT2D eigenvalue weighted by Crippen LogP contribution is 2.25. The van der Waals surface area contributed by atoms with Gasteiger partial charge in [-0.25, -0.2) is 4.79 Å². The van der Waals surface area contributed by atoms with E-state index < -0.39 is 18.2 Å². The van der Waals surface area contributed by atoms with Crippen molar-refractivity contribution in [2.24, 2.45) is 0 Å². The van der Waals surface area contributed by atoms with Gasteiger partial charge < -0.3 is 10.4 Å². The molecule has 3 N–H and O–H groups in total. The maximum atomic E-state index is 12.4. The van der Waals surface area contributed by atoms with Crippen LogP contribution in [0.5, 0.6) is 0 Å². The first kappa shape index (κ1) is 15.5. The third kappa shape index (κ3) is 4.03. The number of carbonyl (C=O) groups excluding carboxylic acids is 2. The number of imide groups is 1. The average Bonchev–Trinajstić information content (AvgIpc) is 2.48. The van der Waals surface area contributed by atoms with Crippen molar-refractivity contribution in [3.8, 4) is 0 Å². The first-order valence-corrected chi connectivity index (χ1v) is 7.11. The van der Waals surface area contributed by atoms with E-state index in [9.17, 15) is 14.7 Å². The summed E-state index contributed by atoms with van der Waals surface area (Å²) in [7, 11) is 1.46. The molecule has 0 spiro atoms. The number of likely N-dealkylation sites (tertiary alicyclic amines) is 1. The fraction of sp³-hybridized carbons (Fsp3) is 0.467. The second-order valence-electron chi connectivity index (χ2n) is 5.17. The zero-order chi connectivity index (χ0) is 15.2. The number of rotatable bonds is 3. The third-order valence-corrected chi connectivity index (χ3v) is 3.62. The molecule has 1 aliphatic rings. The van der Waals surface area contributed by atoms with Gasteiger partial charge in [-0.1, -0.05) is 30.3 Å². The molecule has 0 saturated carbocycles. The lowest BCUT2D eigenvalue weighted by Crippen LogP contribution is -2.49. The molecule has 0 aliphatic carbocycles. The van der Waals surface area contributed by atoms with Gasteiger partial charge >= 0.3 is 6.03 Å². The first-order chi connectivity index (χ1) is 10.1. The fourth-order valence-corrected chi connectivity index (χ4v) is 2.62. The molecule has 1 aliphatic heterocycles. The second kappa shape index (κ2) is 7.19. The van der Waals surface area contributed by atoms with Gasteiger partial charge in [-0.05, 0) is 24.9 Å². The molecule has 6 heteroatoms. The number of carbonyl (C=O) groups is 2. The minimum atomic E-state index is -0.571. The second-order valence-corrected chi connectivity index (χ2v) is 5.17. The Morgan fingerprint density at radius 3 is 2.67 bits per heavy atom.